The van der Waals surface area contributed by atoms with Gasteiger partial charge in [0.2, 0.25) is 5.91 Å². The van der Waals surface area contributed by atoms with Crippen molar-refractivity contribution in [2.45, 2.75) is 37.4 Å². The Morgan fingerprint density at radius 1 is 1.15 bits per heavy atom. The highest BCUT2D eigenvalue weighted by Crippen LogP contribution is 2.39. The van der Waals surface area contributed by atoms with Gasteiger partial charge in [-0.15, -0.1) is 0 Å². The molecule has 0 radical (unpaired) electrons. The summed E-state index contributed by atoms with van der Waals surface area (Å²) >= 11 is 0. The van der Waals surface area contributed by atoms with Gasteiger partial charge in [-0.1, -0.05) is 28.0 Å². The Hall–Kier alpha value is -1.41. The van der Waals surface area contributed by atoms with Gasteiger partial charge in [-0.3, -0.25) is 14.9 Å². The highest BCUT2D eigenvalue weighted by atomic mass is 33.1. The normalized spacial score (nSPS) is 20.4. The molecule has 0 bridgehead atoms. The van der Waals surface area contributed by atoms with Gasteiger partial charge in [-0.05, 0) is 31.4 Å². The van der Waals surface area contributed by atoms with Gasteiger partial charge in [0, 0.05) is 61.4 Å². The molecule has 142 valence electrons. The maximum Gasteiger partial charge on any atom is 0.269 e. The van der Waals surface area contributed by atoms with Crippen molar-refractivity contribution >= 4 is 38.9 Å². The molecule has 2 aliphatic rings. The predicted octanol–water partition coefficient (Wildman–Crippen LogP) is 3.96. The summed E-state index contributed by atoms with van der Waals surface area (Å²) in [6, 6.07) is 6.64. The topological polar surface area (TPSA) is 66.7 Å². The lowest BCUT2D eigenvalue weighted by Crippen LogP contribution is -2.48. The molecule has 2 fully saturated rings. The molecule has 0 N–H and O–H groups in total. The Morgan fingerprint density at radius 3 is 2.50 bits per heavy atom. The number of benzene rings is 1. The first-order valence-corrected chi connectivity index (χ1v) is 11.6. The molecule has 0 aliphatic carbocycles. The summed E-state index contributed by atoms with van der Waals surface area (Å²) in [7, 11) is 3.98. The SMILES string of the molecule is O=C(CCCCC1CCSS1)N1CCN(c2ccc([N+](=O)[O-])cc2)CC1. The largest absolute Gasteiger partial charge is 0.368 e. The number of nitro groups is 1. The van der Waals surface area contributed by atoms with Crippen molar-refractivity contribution in [3.05, 3.63) is 34.4 Å². The van der Waals surface area contributed by atoms with E-state index in [-0.39, 0.29) is 16.5 Å². The number of piperazine rings is 1. The lowest BCUT2D eigenvalue weighted by Gasteiger charge is -2.36. The molecule has 1 aromatic rings. The van der Waals surface area contributed by atoms with E-state index < -0.39 is 0 Å². The predicted molar refractivity (Wildman–Crippen MR) is 109 cm³/mol. The number of hydrogen-bond donors (Lipinski definition) is 0. The standard InChI is InChI=1S/C18H25N3O3S2/c22-18(4-2-1-3-17-9-14-25-26-17)20-12-10-19(11-13-20)15-5-7-16(8-6-15)21(23)24/h5-8,17H,1-4,9-14H2. The number of hydrogen-bond acceptors (Lipinski definition) is 6. The molecule has 1 aromatic carbocycles. The van der Waals surface area contributed by atoms with E-state index >= 15 is 0 Å². The van der Waals surface area contributed by atoms with Crippen molar-refractivity contribution in [3.8, 4) is 0 Å². The van der Waals surface area contributed by atoms with E-state index in [2.05, 4.69) is 4.90 Å². The second-order valence-corrected chi connectivity index (χ2v) is 9.50. The molecule has 26 heavy (non-hydrogen) atoms. The van der Waals surface area contributed by atoms with Gasteiger partial charge in [0.1, 0.15) is 0 Å². The third-order valence-corrected chi connectivity index (χ3v) is 7.96. The molecule has 3 rings (SSSR count). The molecule has 0 spiro atoms. The van der Waals surface area contributed by atoms with Gasteiger partial charge in [-0.25, -0.2) is 0 Å². The summed E-state index contributed by atoms with van der Waals surface area (Å²) < 4.78 is 0. The zero-order valence-electron chi connectivity index (χ0n) is 14.8. The first-order chi connectivity index (χ1) is 12.6. The first kappa shape index (κ1) is 19.4. The van der Waals surface area contributed by atoms with Crippen LogP contribution in [0.5, 0.6) is 0 Å². The van der Waals surface area contributed by atoms with Crippen LogP contribution in [0.15, 0.2) is 24.3 Å². The highest BCUT2D eigenvalue weighted by molar-refractivity contribution is 8.77. The number of non-ortho nitro benzene ring substituents is 1. The van der Waals surface area contributed by atoms with Gasteiger partial charge in [0.25, 0.3) is 5.69 Å². The summed E-state index contributed by atoms with van der Waals surface area (Å²) in [5.41, 5.74) is 1.09. The monoisotopic (exact) mass is 395 g/mol. The number of amides is 1. The van der Waals surface area contributed by atoms with Crippen LogP contribution in [-0.4, -0.2) is 52.9 Å². The molecule has 0 aromatic heterocycles. The van der Waals surface area contributed by atoms with Crippen molar-refractivity contribution in [2.75, 3.05) is 36.8 Å². The Kier molecular flexibility index (Phi) is 7.07. The number of nitrogens with zero attached hydrogens (tertiary/aromatic N) is 3. The second-order valence-electron chi connectivity index (χ2n) is 6.72. The van der Waals surface area contributed by atoms with E-state index in [4.69, 9.17) is 0 Å². The Morgan fingerprint density at radius 2 is 1.88 bits per heavy atom. The molecule has 2 saturated heterocycles. The number of nitro benzene ring substituents is 1. The lowest BCUT2D eigenvalue weighted by molar-refractivity contribution is -0.384. The fraction of sp³-hybridized carbons (Fsp3) is 0.611. The average Bonchev–Trinajstić information content (AvgIpc) is 3.19. The Labute approximate surface area is 162 Å². The van der Waals surface area contributed by atoms with Crippen molar-refractivity contribution in [1.29, 1.82) is 0 Å². The van der Waals surface area contributed by atoms with Crippen molar-refractivity contribution in [1.82, 2.24) is 4.90 Å². The van der Waals surface area contributed by atoms with E-state index in [1.807, 2.05) is 26.5 Å². The molecular weight excluding hydrogens is 370 g/mol. The van der Waals surface area contributed by atoms with Gasteiger partial charge >= 0.3 is 0 Å². The maximum absolute atomic E-state index is 12.4. The van der Waals surface area contributed by atoms with Crippen LogP contribution in [0, 0.1) is 10.1 Å². The van der Waals surface area contributed by atoms with E-state index in [0.717, 1.165) is 50.0 Å². The number of anilines is 1. The zero-order valence-corrected chi connectivity index (χ0v) is 16.5. The summed E-state index contributed by atoms with van der Waals surface area (Å²) in [5, 5.41) is 11.5. The minimum atomic E-state index is -0.384. The minimum Gasteiger partial charge on any atom is -0.368 e. The molecule has 2 heterocycles. The molecule has 8 heteroatoms. The summed E-state index contributed by atoms with van der Waals surface area (Å²) in [5.74, 6) is 1.54. The second kappa shape index (κ2) is 9.50. The van der Waals surface area contributed by atoms with Crippen LogP contribution in [0.4, 0.5) is 11.4 Å². The number of unbranched alkanes of at least 4 members (excludes halogenated alkanes) is 1. The van der Waals surface area contributed by atoms with Gasteiger partial charge in [0.05, 0.1) is 4.92 Å². The van der Waals surface area contributed by atoms with Crippen molar-refractivity contribution in [2.24, 2.45) is 0 Å². The number of carbonyl (C=O) groups excluding carboxylic acids is 1. The van der Waals surface area contributed by atoms with E-state index in [9.17, 15) is 14.9 Å². The molecule has 1 atom stereocenters. The van der Waals surface area contributed by atoms with Crippen molar-refractivity contribution < 1.29 is 9.72 Å². The zero-order chi connectivity index (χ0) is 18.4. The quantitative estimate of drug-likeness (QED) is 0.301. The third-order valence-electron chi connectivity index (χ3n) is 4.95. The minimum absolute atomic E-state index is 0.108. The van der Waals surface area contributed by atoms with Crippen LogP contribution in [0.25, 0.3) is 0 Å². The van der Waals surface area contributed by atoms with Crippen LogP contribution < -0.4 is 4.90 Å². The average molecular weight is 396 g/mol. The van der Waals surface area contributed by atoms with E-state index in [1.54, 1.807) is 12.1 Å². The third kappa shape index (κ3) is 5.30. The van der Waals surface area contributed by atoms with Gasteiger partial charge in [-0.2, -0.15) is 0 Å². The van der Waals surface area contributed by atoms with Crippen molar-refractivity contribution in [3.63, 3.8) is 0 Å². The molecule has 1 unspecified atom stereocenters. The van der Waals surface area contributed by atoms with Crippen LogP contribution in [0.3, 0.4) is 0 Å². The number of rotatable bonds is 7. The summed E-state index contributed by atoms with van der Waals surface area (Å²) in [4.78, 5) is 26.9. The number of carbonyl (C=O) groups is 1. The summed E-state index contributed by atoms with van der Waals surface area (Å²) in [6.07, 6.45) is 5.34. The summed E-state index contributed by atoms with van der Waals surface area (Å²) in [6.45, 7) is 3.01. The Balaban J connectivity index is 1.37. The Bertz CT molecular complexity index is 613. The van der Waals surface area contributed by atoms with E-state index in [1.165, 1.54) is 30.7 Å². The van der Waals surface area contributed by atoms with Crippen LogP contribution in [0.1, 0.15) is 32.1 Å². The van der Waals surface area contributed by atoms with E-state index in [0.29, 0.717) is 6.42 Å². The first-order valence-electron chi connectivity index (χ1n) is 9.19. The molecule has 0 saturated carbocycles. The fourth-order valence-corrected chi connectivity index (χ4v) is 6.40. The lowest BCUT2D eigenvalue weighted by atomic mass is 10.1. The maximum atomic E-state index is 12.4. The molecular formula is C18H25N3O3S2. The van der Waals surface area contributed by atoms with Crippen LogP contribution in [-0.2, 0) is 4.79 Å². The highest BCUT2D eigenvalue weighted by Gasteiger charge is 2.22. The van der Waals surface area contributed by atoms with Gasteiger partial charge in [0.15, 0.2) is 0 Å². The smallest absolute Gasteiger partial charge is 0.269 e. The van der Waals surface area contributed by atoms with Crippen LogP contribution >= 0.6 is 21.6 Å². The van der Waals surface area contributed by atoms with Gasteiger partial charge < -0.3 is 9.80 Å². The fourth-order valence-electron chi connectivity index (χ4n) is 3.37. The molecule has 6 nitrogen and oxygen atoms in total. The molecule has 2 aliphatic heterocycles. The molecule has 1 amide bonds. The van der Waals surface area contributed by atoms with Crippen LogP contribution in [0.2, 0.25) is 0 Å².